The molecule has 1 N–H and O–H groups in total. The second-order valence-electron chi connectivity index (χ2n) is 5.20. The molecule has 20 heavy (non-hydrogen) atoms. The SMILES string of the molecule is CCCNc1nc(C(C)C)nc(-c2ccccn2)c1C. The van der Waals surface area contributed by atoms with E-state index in [9.17, 15) is 0 Å². The van der Waals surface area contributed by atoms with Crippen LogP contribution in [-0.2, 0) is 0 Å². The molecule has 0 radical (unpaired) electrons. The summed E-state index contributed by atoms with van der Waals surface area (Å²) in [6.45, 7) is 9.32. The maximum atomic E-state index is 4.70. The lowest BCUT2D eigenvalue weighted by Crippen LogP contribution is -2.10. The van der Waals surface area contributed by atoms with Crippen LogP contribution in [0.25, 0.3) is 11.4 Å². The van der Waals surface area contributed by atoms with E-state index in [1.807, 2.05) is 25.1 Å². The van der Waals surface area contributed by atoms with E-state index in [4.69, 9.17) is 4.98 Å². The molecule has 0 aromatic carbocycles. The smallest absolute Gasteiger partial charge is 0.134 e. The van der Waals surface area contributed by atoms with Gasteiger partial charge in [0.1, 0.15) is 11.6 Å². The third-order valence-corrected chi connectivity index (χ3v) is 3.13. The molecule has 0 amide bonds. The summed E-state index contributed by atoms with van der Waals surface area (Å²) in [6.07, 6.45) is 2.87. The van der Waals surface area contributed by atoms with Crippen LogP contribution in [0.3, 0.4) is 0 Å². The molecule has 0 fully saturated rings. The lowest BCUT2D eigenvalue weighted by molar-refractivity contribution is 0.772. The Morgan fingerprint density at radius 1 is 1.20 bits per heavy atom. The van der Waals surface area contributed by atoms with Crippen molar-refractivity contribution in [3.05, 3.63) is 35.8 Å². The summed E-state index contributed by atoms with van der Waals surface area (Å²) in [4.78, 5) is 13.8. The van der Waals surface area contributed by atoms with Gasteiger partial charge >= 0.3 is 0 Å². The topological polar surface area (TPSA) is 50.7 Å². The standard InChI is InChI=1S/C16H22N4/c1-5-9-18-16-12(4)14(13-8-6-7-10-17-13)19-15(20-16)11(2)3/h6-8,10-11H,5,9H2,1-4H3,(H,18,19,20). The maximum Gasteiger partial charge on any atom is 0.134 e. The molecule has 2 rings (SSSR count). The summed E-state index contributed by atoms with van der Waals surface area (Å²) in [7, 11) is 0. The van der Waals surface area contributed by atoms with Crippen LogP contribution in [0.2, 0.25) is 0 Å². The number of nitrogens with zero attached hydrogens (tertiary/aromatic N) is 3. The molecular weight excluding hydrogens is 248 g/mol. The van der Waals surface area contributed by atoms with Gasteiger partial charge in [-0.2, -0.15) is 0 Å². The quantitative estimate of drug-likeness (QED) is 0.898. The fourth-order valence-electron chi connectivity index (χ4n) is 1.96. The van der Waals surface area contributed by atoms with Gasteiger partial charge in [-0.1, -0.05) is 26.8 Å². The van der Waals surface area contributed by atoms with Gasteiger partial charge in [-0.05, 0) is 25.5 Å². The highest BCUT2D eigenvalue weighted by atomic mass is 15.0. The molecule has 2 aromatic heterocycles. The molecule has 2 heterocycles. The molecule has 0 saturated heterocycles. The van der Waals surface area contributed by atoms with Crippen molar-refractivity contribution >= 4 is 5.82 Å². The molecule has 0 saturated carbocycles. The normalized spacial score (nSPS) is 10.8. The van der Waals surface area contributed by atoms with Gasteiger partial charge in [0.05, 0.1) is 11.4 Å². The van der Waals surface area contributed by atoms with Crippen LogP contribution in [-0.4, -0.2) is 21.5 Å². The lowest BCUT2D eigenvalue weighted by atomic mass is 10.1. The fraction of sp³-hybridized carbons (Fsp3) is 0.438. The average molecular weight is 270 g/mol. The highest BCUT2D eigenvalue weighted by molar-refractivity contribution is 5.65. The van der Waals surface area contributed by atoms with Crippen LogP contribution < -0.4 is 5.32 Å². The van der Waals surface area contributed by atoms with Gasteiger partial charge in [0.2, 0.25) is 0 Å². The van der Waals surface area contributed by atoms with Crippen LogP contribution in [0, 0.1) is 6.92 Å². The molecule has 0 aliphatic heterocycles. The zero-order chi connectivity index (χ0) is 14.5. The molecule has 2 aromatic rings. The molecule has 4 heteroatoms. The van der Waals surface area contributed by atoms with E-state index in [-0.39, 0.29) is 0 Å². The molecular formula is C16H22N4. The number of pyridine rings is 1. The van der Waals surface area contributed by atoms with E-state index in [2.05, 4.69) is 36.1 Å². The Balaban J connectivity index is 2.52. The molecule has 4 nitrogen and oxygen atoms in total. The second-order valence-corrected chi connectivity index (χ2v) is 5.20. The first-order valence-corrected chi connectivity index (χ1v) is 7.17. The van der Waals surface area contributed by atoms with Crippen molar-refractivity contribution in [2.24, 2.45) is 0 Å². The predicted molar refractivity (Wildman–Crippen MR) is 82.9 cm³/mol. The van der Waals surface area contributed by atoms with Gasteiger partial charge < -0.3 is 5.32 Å². The van der Waals surface area contributed by atoms with E-state index >= 15 is 0 Å². The number of aromatic nitrogens is 3. The van der Waals surface area contributed by atoms with Crippen LogP contribution in [0.15, 0.2) is 24.4 Å². The minimum Gasteiger partial charge on any atom is -0.370 e. The summed E-state index contributed by atoms with van der Waals surface area (Å²) in [6, 6.07) is 5.89. The van der Waals surface area contributed by atoms with Crippen molar-refractivity contribution in [3.63, 3.8) is 0 Å². The minimum absolute atomic E-state index is 0.292. The highest BCUT2D eigenvalue weighted by Gasteiger charge is 2.14. The second kappa shape index (κ2) is 6.46. The van der Waals surface area contributed by atoms with Gasteiger partial charge in [-0.25, -0.2) is 9.97 Å². The van der Waals surface area contributed by atoms with Gasteiger partial charge in [0.25, 0.3) is 0 Å². The summed E-state index contributed by atoms with van der Waals surface area (Å²) < 4.78 is 0. The molecule has 0 spiro atoms. The van der Waals surface area contributed by atoms with E-state index in [0.29, 0.717) is 5.92 Å². The van der Waals surface area contributed by atoms with E-state index in [1.54, 1.807) is 6.20 Å². The highest BCUT2D eigenvalue weighted by Crippen LogP contribution is 2.26. The fourth-order valence-corrected chi connectivity index (χ4v) is 1.96. The van der Waals surface area contributed by atoms with Crippen molar-refractivity contribution in [3.8, 4) is 11.4 Å². The van der Waals surface area contributed by atoms with Gasteiger partial charge in [-0.3, -0.25) is 4.98 Å². The number of rotatable bonds is 5. The van der Waals surface area contributed by atoms with Crippen LogP contribution in [0.5, 0.6) is 0 Å². The number of hydrogen-bond acceptors (Lipinski definition) is 4. The van der Waals surface area contributed by atoms with Crippen LogP contribution in [0.4, 0.5) is 5.82 Å². The first kappa shape index (κ1) is 14.4. The third-order valence-electron chi connectivity index (χ3n) is 3.13. The van der Waals surface area contributed by atoms with Crippen molar-refractivity contribution in [1.82, 2.24) is 15.0 Å². The molecule has 0 unspecified atom stereocenters. The van der Waals surface area contributed by atoms with Gasteiger partial charge in [0.15, 0.2) is 0 Å². The van der Waals surface area contributed by atoms with Crippen molar-refractivity contribution < 1.29 is 0 Å². The Morgan fingerprint density at radius 3 is 2.60 bits per heavy atom. The molecule has 0 bridgehead atoms. The van der Waals surface area contributed by atoms with Crippen molar-refractivity contribution in [1.29, 1.82) is 0 Å². The van der Waals surface area contributed by atoms with E-state index in [0.717, 1.165) is 41.6 Å². The third kappa shape index (κ3) is 3.13. The zero-order valence-corrected chi connectivity index (χ0v) is 12.6. The Morgan fingerprint density at radius 2 is 2.00 bits per heavy atom. The Hall–Kier alpha value is -1.97. The van der Waals surface area contributed by atoms with E-state index in [1.165, 1.54) is 0 Å². The number of hydrogen-bond donors (Lipinski definition) is 1. The largest absolute Gasteiger partial charge is 0.370 e. The summed E-state index contributed by atoms with van der Waals surface area (Å²) in [5.74, 6) is 2.07. The minimum atomic E-state index is 0.292. The summed E-state index contributed by atoms with van der Waals surface area (Å²) in [5.41, 5.74) is 2.87. The first-order chi connectivity index (χ1) is 9.63. The van der Waals surface area contributed by atoms with Crippen LogP contribution >= 0.6 is 0 Å². The maximum absolute atomic E-state index is 4.70. The van der Waals surface area contributed by atoms with Gasteiger partial charge in [0, 0.05) is 24.2 Å². The monoisotopic (exact) mass is 270 g/mol. The van der Waals surface area contributed by atoms with Crippen molar-refractivity contribution in [2.75, 3.05) is 11.9 Å². The molecule has 0 aliphatic rings. The number of nitrogens with one attached hydrogen (secondary N) is 1. The first-order valence-electron chi connectivity index (χ1n) is 7.17. The van der Waals surface area contributed by atoms with Crippen molar-refractivity contribution in [2.45, 2.75) is 40.0 Å². The summed E-state index contributed by atoms with van der Waals surface area (Å²) in [5, 5.41) is 3.39. The molecule has 0 atom stereocenters. The Kier molecular flexibility index (Phi) is 4.66. The van der Waals surface area contributed by atoms with Crippen LogP contribution in [0.1, 0.15) is 44.5 Å². The molecule has 0 aliphatic carbocycles. The Labute approximate surface area is 120 Å². The zero-order valence-electron chi connectivity index (χ0n) is 12.6. The average Bonchev–Trinajstić information content (AvgIpc) is 2.47. The molecule has 106 valence electrons. The lowest BCUT2D eigenvalue weighted by Gasteiger charge is -2.14. The van der Waals surface area contributed by atoms with E-state index < -0.39 is 0 Å². The Bertz CT molecular complexity index is 564. The number of anilines is 1. The van der Waals surface area contributed by atoms with Gasteiger partial charge in [-0.15, -0.1) is 0 Å². The predicted octanol–water partition coefficient (Wildman–Crippen LogP) is 3.79. The summed E-state index contributed by atoms with van der Waals surface area (Å²) >= 11 is 0.